The highest BCUT2D eigenvalue weighted by molar-refractivity contribution is 6.04. The summed E-state index contributed by atoms with van der Waals surface area (Å²) in [4.78, 5) is 26.9. The van der Waals surface area contributed by atoms with Crippen LogP contribution in [0.4, 0.5) is 5.69 Å². The Morgan fingerprint density at radius 1 is 1.09 bits per heavy atom. The number of rotatable bonds is 2. The molecule has 4 heteroatoms. The van der Waals surface area contributed by atoms with Crippen LogP contribution in [0.25, 0.3) is 10.8 Å². The van der Waals surface area contributed by atoms with Crippen molar-refractivity contribution >= 4 is 22.4 Å². The molecule has 0 unspecified atom stereocenters. The minimum atomic E-state index is -0.392. The lowest BCUT2D eigenvalue weighted by atomic mass is 10.1. The van der Waals surface area contributed by atoms with Crippen LogP contribution in [-0.2, 0) is 0 Å². The Hall–Kier alpha value is -3.32. The number of carbonyl (C=O) groups excluding carboxylic acids is 1. The number of pyridine rings is 1. The van der Waals surface area contributed by atoms with Gasteiger partial charge in [0.2, 0.25) is 0 Å². The number of fused-ring (bicyclic) bond motifs is 1. The maximum absolute atomic E-state index is 12.3. The minimum absolute atomic E-state index is 0.204. The van der Waals surface area contributed by atoms with Crippen molar-refractivity contribution in [2.75, 3.05) is 5.32 Å². The number of benzene rings is 2. The van der Waals surface area contributed by atoms with Crippen molar-refractivity contribution in [2.24, 2.45) is 0 Å². The Labute approximate surface area is 126 Å². The van der Waals surface area contributed by atoms with Gasteiger partial charge in [0.25, 0.3) is 11.5 Å². The fraction of sp³-hybridized carbons (Fsp3) is 0. The summed E-state index contributed by atoms with van der Waals surface area (Å²) in [7, 11) is 0. The van der Waals surface area contributed by atoms with Gasteiger partial charge in [0.05, 0.1) is 0 Å². The van der Waals surface area contributed by atoms with E-state index >= 15 is 0 Å². The number of terminal acetylenes is 1. The molecule has 1 heterocycles. The van der Waals surface area contributed by atoms with Gasteiger partial charge in [0.1, 0.15) is 5.69 Å². The van der Waals surface area contributed by atoms with Crippen molar-refractivity contribution in [3.8, 4) is 12.3 Å². The molecule has 2 aromatic carbocycles. The second-order valence-corrected chi connectivity index (χ2v) is 4.78. The smallest absolute Gasteiger partial charge is 0.272 e. The Morgan fingerprint density at radius 2 is 1.91 bits per heavy atom. The van der Waals surface area contributed by atoms with E-state index in [4.69, 9.17) is 6.42 Å². The number of aromatic amines is 1. The van der Waals surface area contributed by atoms with E-state index in [1.165, 1.54) is 0 Å². The van der Waals surface area contributed by atoms with Crippen LogP contribution in [0.5, 0.6) is 0 Å². The van der Waals surface area contributed by atoms with Crippen LogP contribution in [0, 0.1) is 12.3 Å². The fourth-order valence-corrected chi connectivity index (χ4v) is 2.22. The second-order valence-electron chi connectivity index (χ2n) is 4.78. The van der Waals surface area contributed by atoms with E-state index in [9.17, 15) is 9.59 Å². The molecule has 0 saturated carbocycles. The van der Waals surface area contributed by atoms with Crippen molar-refractivity contribution in [1.29, 1.82) is 0 Å². The number of amides is 1. The molecule has 1 aromatic heterocycles. The van der Waals surface area contributed by atoms with Gasteiger partial charge in [-0.25, -0.2) is 0 Å². The first-order valence-corrected chi connectivity index (χ1v) is 6.67. The highest BCUT2D eigenvalue weighted by atomic mass is 16.2. The number of nitrogens with one attached hydrogen (secondary N) is 2. The van der Waals surface area contributed by atoms with Gasteiger partial charge in [0, 0.05) is 16.6 Å². The molecule has 1 amide bonds. The predicted octanol–water partition coefficient (Wildman–Crippen LogP) is 2.76. The molecule has 2 N–H and O–H groups in total. The molecule has 0 atom stereocenters. The quantitative estimate of drug-likeness (QED) is 0.712. The number of aromatic nitrogens is 1. The third-order valence-electron chi connectivity index (χ3n) is 3.29. The molecular weight excluding hydrogens is 276 g/mol. The van der Waals surface area contributed by atoms with Crippen LogP contribution in [0.2, 0.25) is 0 Å². The normalized spacial score (nSPS) is 10.1. The van der Waals surface area contributed by atoms with Crippen LogP contribution >= 0.6 is 0 Å². The molecule has 0 aliphatic heterocycles. The Kier molecular flexibility index (Phi) is 3.47. The van der Waals surface area contributed by atoms with Crippen LogP contribution < -0.4 is 10.9 Å². The molecule has 106 valence electrons. The van der Waals surface area contributed by atoms with Gasteiger partial charge in [-0.3, -0.25) is 9.59 Å². The van der Waals surface area contributed by atoms with Crippen molar-refractivity contribution < 1.29 is 4.79 Å². The van der Waals surface area contributed by atoms with Gasteiger partial charge in [-0.15, -0.1) is 6.42 Å². The summed E-state index contributed by atoms with van der Waals surface area (Å²) >= 11 is 0. The molecule has 0 radical (unpaired) electrons. The topological polar surface area (TPSA) is 62.0 Å². The highest BCUT2D eigenvalue weighted by Gasteiger charge is 2.09. The van der Waals surface area contributed by atoms with Crippen molar-refractivity contribution in [3.63, 3.8) is 0 Å². The maximum Gasteiger partial charge on any atom is 0.272 e. The van der Waals surface area contributed by atoms with Crippen molar-refractivity contribution in [2.45, 2.75) is 0 Å². The summed E-state index contributed by atoms with van der Waals surface area (Å²) in [6, 6.07) is 15.7. The molecule has 0 aliphatic rings. The lowest BCUT2D eigenvalue weighted by molar-refractivity contribution is 0.102. The van der Waals surface area contributed by atoms with Gasteiger partial charge < -0.3 is 10.3 Å². The molecule has 0 saturated heterocycles. The average Bonchev–Trinajstić information content (AvgIpc) is 2.55. The Bertz CT molecular complexity index is 964. The summed E-state index contributed by atoms with van der Waals surface area (Å²) in [5, 5.41) is 3.99. The van der Waals surface area contributed by atoms with Gasteiger partial charge >= 0.3 is 0 Å². The molecular formula is C18H12N2O2. The third kappa shape index (κ3) is 2.60. The molecule has 0 bridgehead atoms. The number of hydrogen-bond acceptors (Lipinski definition) is 2. The largest absolute Gasteiger partial charge is 0.321 e. The number of anilines is 1. The van der Waals surface area contributed by atoms with Crippen LogP contribution in [0.1, 0.15) is 16.1 Å². The molecule has 4 nitrogen and oxygen atoms in total. The Morgan fingerprint density at radius 3 is 2.73 bits per heavy atom. The standard InChI is InChI=1S/C18H12N2O2/c1-2-12-6-5-8-14(10-12)19-18(22)16-11-13-7-3-4-9-15(13)17(21)20-16/h1,3-11H,(H,19,22)(H,20,21). The van der Waals surface area contributed by atoms with Gasteiger partial charge in [0.15, 0.2) is 0 Å². The molecule has 0 fully saturated rings. The molecule has 0 aliphatic carbocycles. The zero-order valence-electron chi connectivity index (χ0n) is 11.6. The summed E-state index contributed by atoms with van der Waals surface area (Å²) in [6.45, 7) is 0. The number of hydrogen-bond donors (Lipinski definition) is 2. The van der Waals surface area contributed by atoms with E-state index in [0.717, 1.165) is 0 Å². The fourth-order valence-electron chi connectivity index (χ4n) is 2.22. The van der Waals surface area contributed by atoms with Crippen molar-refractivity contribution in [3.05, 3.63) is 76.2 Å². The third-order valence-corrected chi connectivity index (χ3v) is 3.29. The summed E-state index contributed by atoms with van der Waals surface area (Å²) in [6.07, 6.45) is 5.33. The van der Waals surface area contributed by atoms with E-state index in [1.807, 2.05) is 6.07 Å². The number of carbonyl (C=O) groups is 1. The SMILES string of the molecule is C#Cc1cccc(NC(=O)c2cc3ccccc3c(=O)[nH]2)c1. The van der Waals surface area contributed by atoms with E-state index in [0.29, 0.717) is 22.0 Å². The summed E-state index contributed by atoms with van der Waals surface area (Å²) < 4.78 is 0. The van der Waals surface area contributed by atoms with E-state index in [-0.39, 0.29) is 11.3 Å². The second kappa shape index (κ2) is 5.58. The first-order valence-electron chi connectivity index (χ1n) is 6.67. The van der Waals surface area contributed by atoms with E-state index in [1.54, 1.807) is 48.5 Å². The van der Waals surface area contributed by atoms with Crippen LogP contribution in [0.15, 0.2) is 59.4 Å². The van der Waals surface area contributed by atoms with E-state index in [2.05, 4.69) is 16.2 Å². The zero-order chi connectivity index (χ0) is 15.5. The predicted molar refractivity (Wildman–Crippen MR) is 86.9 cm³/mol. The molecule has 3 aromatic rings. The highest BCUT2D eigenvalue weighted by Crippen LogP contribution is 2.13. The van der Waals surface area contributed by atoms with Gasteiger partial charge in [-0.1, -0.05) is 30.2 Å². The van der Waals surface area contributed by atoms with Crippen LogP contribution in [-0.4, -0.2) is 10.9 Å². The summed E-state index contributed by atoms with van der Waals surface area (Å²) in [5.41, 5.74) is 1.16. The van der Waals surface area contributed by atoms with Gasteiger partial charge in [-0.05, 0) is 35.7 Å². The molecule has 22 heavy (non-hydrogen) atoms. The van der Waals surface area contributed by atoms with Crippen molar-refractivity contribution in [1.82, 2.24) is 4.98 Å². The maximum atomic E-state index is 12.3. The monoisotopic (exact) mass is 288 g/mol. The molecule has 3 rings (SSSR count). The first kappa shape index (κ1) is 13.7. The lowest BCUT2D eigenvalue weighted by Crippen LogP contribution is -2.18. The minimum Gasteiger partial charge on any atom is -0.321 e. The Balaban J connectivity index is 1.95. The average molecular weight is 288 g/mol. The van der Waals surface area contributed by atoms with Crippen LogP contribution in [0.3, 0.4) is 0 Å². The first-order chi connectivity index (χ1) is 10.7. The van der Waals surface area contributed by atoms with Gasteiger partial charge in [-0.2, -0.15) is 0 Å². The van der Waals surface area contributed by atoms with E-state index < -0.39 is 5.91 Å². The summed E-state index contributed by atoms with van der Waals surface area (Å²) in [5.74, 6) is 2.11. The lowest BCUT2D eigenvalue weighted by Gasteiger charge is -2.06. The number of H-pyrrole nitrogens is 1. The zero-order valence-corrected chi connectivity index (χ0v) is 11.6. The molecule has 0 spiro atoms.